The summed E-state index contributed by atoms with van der Waals surface area (Å²) in [6.45, 7) is 0.404. The minimum Gasteiger partial charge on any atom is -0.497 e. The number of ether oxygens (including phenoxy) is 2. The molecule has 21 heavy (non-hydrogen) atoms. The lowest BCUT2D eigenvalue weighted by atomic mass is 10.1. The number of carbonyl (C=O) groups is 1. The van der Waals surface area contributed by atoms with E-state index in [0.717, 1.165) is 22.8 Å². The summed E-state index contributed by atoms with van der Waals surface area (Å²) in [6, 6.07) is 9.18. The Balaban J connectivity index is 1.88. The number of hydrogen-bond donors (Lipinski definition) is 1. The van der Waals surface area contributed by atoms with Gasteiger partial charge in [0.1, 0.15) is 17.3 Å². The molecule has 0 fully saturated rings. The smallest absolute Gasteiger partial charge is 0.220 e. The van der Waals surface area contributed by atoms with E-state index in [1.54, 1.807) is 26.5 Å². The molecular weight excluding hydrogens is 270 g/mol. The topological polar surface area (TPSA) is 60.7 Å². The lowest BCUT2D eigenvalue weighted by Gasteiger charge is -2.10. The Morgan fingerprint density at radius 2 is 2.10 bits per heavy atom. The molecule has 0 atom stereocenters. The van der Waals surface area contributed by atoms with Gasteiger partial charge < -0.3 is 19.2 Å². The van der Waals surface area contributed by atoms with Gasteiger partial charge in [0.2, 0.25) is 5.91 Å². The molecule has 0 unspecified atom stereocenters. The van der Waals surface area contributed by atoms with Gasteiger partial charge in [0.15, 0.2) is 0 Å². The molecule has 5 heteroatoms. The molecule has 1 N–H and O–H groups in total. The van der Waals surface area contributed by atoms with E-state index in [-0.39, 0.29) is 5.91 Å². The van der Waals surface area contributed by atoms with Crippen molar-refractivity contribution in [2.45, 2.75) is 19.4 Å². The van der Waals surface area contributed by atoms with Crippen LogP contribution >= 0.6 is 0 Å². The Bertz CT molecular complexity index is 578. The number of methoxy groups -OCH3 is 2. The van der Waals surface area contributed by atoms with Crippen LogP contribution in [0, 0.1) is 0 Å². The maximum atomic E-state index is 11.8. The lowest BCUT2D eigenvalue weighted by Crippen LogP contribution is -2.22. The van der Waals surface area contributed by atoms with Gasteiger partial charge in [-0.05, 0) is 42.3 Å². The van der Waals surface area contributed by atoms with Crippen LogP contribution in [-0.4, -0.2) is 20.1 Å². The third-order valence-electron chi connectivity index (χ3n) is 3.15. The van der Waals surface area contributed by atoms with Gasteiger partial charge in [0, 0.05) is 6.42 Å². The largest absolute Gasteiger partial charge is 0.497 e. The summed E-state index contributed by atoms with van der Waals surface area (Å²) in [6.07, 6.45) is 2.55. The van der Waals surface area contributed by atoms with Gasteiger partial charge in [-0.3, -0.25) is 4.79 Å². The molecule has 0 aliphatic heterocycles. The van der Waals surface area contributed by atoms with E-state index in [2.05, 4.69) is 5.32 Å². The van der Waals surface area contributed by atoms with E-state index in [9.17, 15) is 4.79 Å². The fourth-order valence-corrected chi connectivity index (χ4v) is 2.01. The molecule has 2 aromatic rings. The predicted octanol–water partition coefficient (Wildman–Crippen LogP) is 2.55. The van der Waals surface area contributed by atoms with E-state index in [4.69, 9.17) is 13.9 Å². The van der Waals surface area contributed by atoms with Crippen molar-refractivity contribution in [3.05, 3.63) is 47.9 Å². The van der Waals surface area contributed by atoms with Gasteiger partial charge in [-0.25, -0.2) is 0 Å². The Kier molecular flexibility index (Phi) is 5.26. The molecule has 0 aliphatic rings. The number of amides is 1. The molecule has 5 nitrogen and oxygen atoms in total. The SMILES string of the molecule is COc1ccc(OC)c(CCC(=O)NCc2ccco2)c1. The highest BCUT2D eigenvalue weighted by Gasteiger charge is 2.08. The number of rotatable bonds is 7. The molecule has 0 saturated carbocycles. The highest BCUT2D eigenvalue weighted by atomic mass is 16.5. The lowest BCUT2D eigenvalue weighted by molar-refractivity contribution is -0.121. The quantitative estimate of drug-likeness (QED) is 0.851. The summed E-state index contributed by atoms with van der Waals surface area (Å²) in [4.78, 5) is 11.8. The minimum atomic E-state index is -0.0312. The zero-order valence-corrected chi connectivity index (χ0v) is 12.2. The molecule has 0 saturated heterocycles. The monoisotopic (exact) mass is 289 g/mol. The van der Waals surface area contributed by atoms with Crippen molar-refractivity contribution in [2.24, 2.45) is 0 Å². The van der Waals surface area contributed by atoms with Crippen LogP contribution in [0.1, 0.15) is 17.7 Å². The summed E-state index contributed by atoms with van der Waals surface area (Å²) >= 11 is 0. The van der Waals surface area contributed by atoms with Gasteiger partial charge in [0.05, 0.1) is 27.0 Å². The summed E-state index contributed by atoms with van der Waals surface area (Å²) < 4.78 is 15.6. The van der Waals surface area contributed by atoms with E-state index in [1.165, 1.54) is 0 Å². The number of aryl methyl sites for hydroxylation is 1. The van der Waals surface area contributed by atoms with Gasteiger partial charge in [-0.2, -0.15) is 0 Å². The second kappa shape index (κ2) is 7.38. The van der Waals surface area contributed by atoms with E-state index in [0.29, 0.717) is 19.4 Å². The summed E-state index contributed by atoms with van der Waals surface area (Å²) in [7, 11) is 3.23. The van der Waals surface area contributed by atoms with E-state index >= 15 is 0 Å². The highest BCUT2D eigenvalue weighted by Crippen LogP contribution is 2.25. The van der Waals surface area contributed by atoms with Gasteiger partial charge in [-0.1, -0.05) is 0 Å². The molecule has 1 heterocycles. The van der Waals surface area contributed by atoms with Crippen molar-refractivity contribution < 1.29 is 18.7 Å². The Morgan fingerprint density at radius 1 is 1.24 bits per heavy atom. The number of furan rings is 1. The summed E-state index contributed by atoms with van der Waals surface area (Å²) in [5, 5.41) is 2.82. The molecule has 1 aromatic carbocycles. The maximum absolute atomic E-state index is 11.8. The molecule has 112 valence electrons. The molecule has 0 radical (unpaired) electrons. The number of benzene rings is 1. The first-order chi connectivity index (χ1) is 10.2. The predicted molar refractivity (Wildman–Crippen MR) is 78.4 cm³/mol. The van der Waals surface area contributed by atoms with Gasteiger partial charge in [-0.15, -0.1) is 0 Å². The van der Waals surface area contributed by atoms with Crippen LogP contribution in [0.2, 0.25) is 0 Å². The Labute approximate surface area is 123 Å². The Morgan fingerprint density at radius 3 is 2.76 bits per heavy atom. The average molecular weight is 289 g/mol. The van der Waals surface area contributed by atoms with Crippen molar-refractivity contribution in [1.29, 1.82) is 0 Å². The van der Waals surface area contributed by atoms with Gasteiger partial charge in [0.25, 0.3) is 0 Å². The van der Waals surface area contributed by atoms with Gasteiger partial charge >= 0.3 is 0 Å². The van der Waals surface area contributed by atoms with Crippen molar-refractivity contribution in [2.75, 3.05) is 14.2 Å². The first-order valence-corrected chi connectivity index (χ1v) is 6.73. The molecule has 2 rings (SSSR count). The fourth-order valence-electron chi connectivity index (χ4n) is 2.01. The van der Waals surface area contributed by atoms with Crippen molar-refractivity contribution >= 4 is 5.91 Å². The maximum Gasteiger partial charge on any atom is 0.220 e. The first-order valence-electron chi connectivity index (χ1n) is 6.73. The van der Waals surface area contributed by atoms with E-state index < -0.39 is 0 Å². The fraction of sp³-hybridized carbons (Fsp3) is 0.312. The van der Waals surface area contributed by atoms with Crippen LogP contribution < -0.4 is 14.8 Å². The average Bonchev–Trinajstić information content (AvgIpc) is 3.04. The molecule has 0 bridgehead atoms. The summed E-state index contributed by atoms with van der Waals surface area (Å²) in [5.74, 6) is 2.22. The molecule has 0 aliphatic carbocycles. The van der Waals surface area contributed by atoms with Crippen LogP contribution in [0.4, 0.5) is 0 Å². The normalized spacial score (nSPS) is 10.2. The minimum absolute atomic E-state index is 0.0312. The second-order valence-corrected chi connectivity index (χ2v) is 4.53. The zero-order valence-electron chi connectivity index (χ0n) is 12.2. The van der Waals surface area contributed by atoms with Crippen LogP contribution in [0.25, 0.3) is 0 Å². The summed E-state index contributed by atoms with van der Waals surface area (Å²) in [5.41, 5.74) is 0.949. The van der Waals surface area contributed by atoms with E-state index in [1.807, 2.05) is 24.3 Å². The standard InChI is InChI=1S/C16H19NO4/c1-19-13-6-7-15(20-2)12(10-13)5-8-16(18)17-11-14-4-3-9-21-14/h3-4,6-7,9-10H,5,8,11H2,1-2H3,(H,17,18). The van der Waals surface area contributed by atoms with Crippen molar-refractivity contribution in [1.82, 2.24) is 5.32 Å². The number of carbonyl (C=O) groups excluding carboxylic acids is 1. The van der Waals surface area contributed by atoms with Crippen molar-refractivity contribution in [3.63, 3.8) is 0 Å². The van der Waals surface area contributed by atoms with Crippen LogP contribution in [0.3, 0.4) is 0 Å². The highest BCUT2D eigenvalue weighted by molar-refractivity contribution is 5.76. The number of nitrogens with one attached hydrogen (secondary N) is 1. The molecular formula is C16H19NO4. The van der Waals surface area contributed by atoms with Crippen LogP contribution in [0.15, 0.2) is 41.0 Å². The third kappa shape index (κ3) is 4.27. The molecule has 1 amide bonds. The number of hydrogen-bond acceptors (Lipinski definition) is 4. The van der Waals surface area contributed by atoms with Crippen molar-refractivity contribution in [3.8, 4) is 11.5 Å². The molecule has 1 aromatic heterocycles. The molecule has 0 spiro atoms. The first kappa shape index (κ1) is 15.0. The van der Waals surface area contributed by atoms with Crippen LogP contribution in [0.5, 0.6) is 11.5 Å². The van der Waals surface area contributed by atoms with Crippen LogP contribution in [-0.2, 0) is 17.8 Å². The third-order valence-corrected chi connectivity index (χ3v) is 3.15. The Hall–Kier alpha value is -2.43. The second-order valence-electron chi connectivity index (χ2n) is 4.53. The zero-order chi connectivity index (χ0) is 15.1.